The van der Waals surface area contributed by atoms with Crippen molar-refractivity contribution < 1.29 is 27.6 Å². The van der Waals surface area contributed by atoms with Crippen molar-refractivity contribution in [1.82, 2.24) is 4.90 Å². The minimum Gasteiger partial charge on any atom is -0.494 e. The SMILES string of the molecule is COc1cc([N+](=O)[O-])cc2c1NC(c1cccc(C)c1)C1CC=CC21.Cc1cccc(C2Nc3ccc(S(N)(=O)=O)cc3C3C=CCC32)c1.O=C(c1ccc2c(c1)C1C=CCC1C(c1ccccc1)N2)N1CCOCC1. The van der Waals surface area contributed by atoms with Crippen molar-refractivity contribution in [2.75, 3.05) is 49.4 Å². The molecule has 14 heteroatoms. The number of carbonyl (C=O) groups excluding carboxylic acids is 1. The van der Waals surface area contributed by atoms with Gasteiger partial charge in [0.15, 0.2) is 0 Å². The molecule has 1 saturated heterocycles. The van der Waals surface area contributed by atoms with Crippen LogP contribution in [0, 0.1) is 41.7 Å². The molecule has 9 atom stereocenters. The molecule has 4 heterocycles. The first kappa shape index (κ1) is 50.6. The highest BCUT2D eigenvalue weighted by Crippen LogP contribution is 2.54. The molecular weight excluding hydrogens is 973 g/mol. The number of amides is 1. The topological polar surface area (TPSA) is 178 Å². The van der Waals surface area contributed by atoms with Gasteiger partial charge in [0.25, 0.3) is 11.6 Å². The molecule has 390 valence electrons. The zero-order valence-corrected chi connectivity index (χ0v) is 43.8. The van der Waals surface area contributed by atoms with Crippen LogP contribution in [0.4, 0.5) is 22.7 Å². The fourth-order valence-corrected chi connectivity index (χ4v) is 13.3. The number of nitro benzene ring substituents is 1. The summed E-state index contributed by atoms with van der Waals surface area (Å²) < 4.78 is 34.2. The van der Waals surface area contributed by atoms with Crippen molar-refractivity contribution in [3.05, 3.63) is 224 Å². The van der Waals surface area contributed by atoms with Crippen molar-refractivity contribution in [2.45, 2.75) is 73.9 Å². The number of aryl methyl sites for hydroxylation is 2. The number of nitro groups is 1. The molecule has 7 aliphatic rings. The van der Waals surface area contributed by atoms with Crippen LogP contribution >= 0.6 is 0 Å². The molecule has 9 unspecified atom stereocenters. The van der Waals surface area contributed by atoms with E-state index < -0.39 is 10.0 Å². The second-order valence-corrected chi connectivity index (χ2v) is 22.6. The summed E-state index contributed by atoms with van der Waals surface area (Å²) in [7, 11) is -2.13. The highest BCUT2D eigenvalue weighted by Gasteiger charge is 2.42. The largest absolute Gasteiger partial charge is 0.494 e. The number of ether oxygens (including phenoxy) is 2. The summed E-state index contributed by atoms with van der Waals surface area (Å²) in [6, 6.07) is 42.9. The molecule has 1 fully saturated rings. The van der Waals surface area contributed by atoms with E-state index >= 15 is 0 Å². The maximum Gasteiger partial charge on any atom is 0.273 e. The van der Waals surface area contributed by atoms with Crippen LogP contribution in [0.5, 0.6) is 5.75 Å². The molecule has 0 spiro atoms. The Morgan fingerprint density at radius 2 is 1.17 bits per heavy atom. The minimum atomic E-state index is -3.69. The van der Waals surface area contributed by atoms with E-state index in [1.54, 1.807) is 25.3 Å². The number of primary sulfonamides is 1. The predicted molar refractivity (Wildman–Crippen MR) is 298 cm³/mol. The fourth-order valence-electron chi connectivity index (χ4n) is 12.7. The Morgan fingerprint density at radius 1 is 0.645 bits per heavy atom. The molecule has 0 aromatic heterocycles. The van der Waals surface area contributed by atoms with Crippen molar-refractivity contribution in [3.63, 3.8) is 0 Å². The normalized spacial score (nSPS) is 24.9. The Bertz CT molecular complexity index is 3390. The zero-order chi connectivity index (χ0) is 52.7. The molecular formula is C62H64N6O7S. The van der Waals surface area contributed by atoms with Crippen LogP contribution in [0.1, 0.15) is 110 Å². The molecule has 0 radical (unpaired) electrons. The van der Waals surface area contributed by atoms with Gasteiger partial charge < -0.3 is 30.3 Å². The quantitative estimate of drug-likeness (QED) is 0.0683. The van der Waals surface area contributed by atoms with E-state index in [9.17, 15) is 23.3 Å². The van der Waals surface area contributed by atoms with Crippen LogP contribution in [-0.4, -0.2) is 57.6 Å². The number of nitrogens with zero attached hydrogens (tertiary/aromatic N) is 2. The third-order valence-electron chi connectivity index (χ3n) is 16.4. The molecule has 4 aliphatic heterocycles. The van der Waals surface area contributed by atoms with Gasteiger partial charge in [-0.25, -0.2) is 13.6 Å². The zero-order valence-electron chi connectivity index (χ0n) is 43.0. The van der Waals surface area contributed by atoms with Crippen LogP contribution in [0.2, 0.25) is 0 Å². The number of non-ortho nitro benzene ring substituents is 1. The molecule has 0 saturated carbocycles. The molecule has 13 nitrogen and oxygen atoms in total. The van der Waals surface area contributed by atoms with Crippen molar-refractivity contribution >= 4 is 38.7 Å². The summed E-state index contributed by atoms with van der Waals surface area (Å²) in [6.07, 6.45) is 16.4. The van der Waals surface area contributed by atoms with Crippen LogP contribution in [0.3, 0.4) is 0 Å². The summed E-state index contributed by atoms with van der Waals surface area (Å²) >= 11 is 0. The van der Waals surface area contributed by atoms with Gasteiger partial charge in [0.2, 0.25) is 10.0 Å². The lowest BCUT2D eigenvalue weighted by Crippen LogP contribution is -2.40. The number of anilines is 3. The van der Waals surface area contributed by atoms with E-state index in [4.69, 9.17) is 14.6 Å². The number of rotatable bonds is 7. The molecule has 6 aromatic rings. The molecule has 0 bridgehead atoms. The number of nitrogens with one attached hydrogen (secondary N) is 3. The van der Waals surface area contributed by atoms with Crippen LogP contribution in [0.15, 0.2) is 169 Å². The summed E-state index contributed by atoms with van der Waals surface area (Å²) in [5.41, 5.74) is 13.4. The monoisotopic (exact) mass is 1040 g/mol. The first-order chi connectivity index (χ1) is 36.8. The fraction of sp³-hybridized carbons (Fsp3) is 0.306. The van der Waals surface area contributed by atoms with E-state index in [0.717, 1.165) is 53.0 Å². The second kappa shape index (κ2) is 21.2. The van der Waals surface area contributed by atoms with Gasteiger partial charge in [0.1, 0.15) is 5.75 Å². The number of morpholine rings is 1. The summed E-state index contributed by atoms with van der Waals surface area (Å²) in [6.45, 7) is 6.80. The number of carbonyl (C=O) groups is 1. The number of hydrogen-bond acceptors (Lipinski definition) is 10. The van der Waals surface area contributed by atoms with Gasteiger partial charge >= 0.3 is 0 Å². The number of fused-ring (bicyclic) bond motifs is 9. The standard InChI is InChI=1S/C23H24N2O2.C20H20N2O3.C19H20N2O2S/c26-23(25-11-13-27-14-12-25)17-9-10-21-20(15-17)18-7-4-8-19(18)22(24-21)16-5-2-1-3-6-16;1-12-5-3-6-13(9-12)19-16-8-4-7-15(16)17-10-14(22(23)24)11-18(25-2)20(17)21-19;1-12-4-2-5-13(10-12)19-16-7-3-6-15(16)17-11-14(24(20,22)23)8-9-18(17)21-19/h1-7,9-10,15,18-19,22,24H,8,11-14H2;3-7,9-11,15-16,19,21H,8H2,1-2H3;2-6,8-11,15-16,19,21H,7H2,1H3,(H2,20,22,23). The van der Waals surface area contributed by atoms with E-state index in [1.165, 1.54) is 39.4 Å². The Morgan fingerprint density at radius 3 is 1.72 bits per heavy atom. The Kier molecular flexibility index (Phi) is 14.2. The van der Waals surface area contributed by atoms with Crippen LogP contribution in [0.25, 0.3) is 0 Å². The lowest BCUT2D eigenvalue weighted by Gasteiger charge is -2.38. The average molecular weight is 1040 g/mol. The number of sulfonamides is 1. The van der Waals surface area contributed by atoms with Crippen molar-refractivity contribution in [2.24, 2.45) is 22.9 Å². The van der Waals surface area contributed by atoms with Gasteiger partial charge in [0.05, 0.1) is 60.0 Å². The Balaban J connectivity index is 0.000000122. The van der Waals surface area contributed by atoms with E-state index in [1.807, 2.05) is 17.0 Å². The van der Waals surface area contributed by atoms with Gasteiger partial charge in [-0.1, -0.05) is 126 Å². The highest BCUT2D eigenvalue weighted by molar-refractivity contribution is 7.89. The van der Waals surface area contributed by atoms with Gasteiger partial charge in [-0.15, -0.1) is 0 Å². The minimum absolute atomic E-state index is 0.0745. The average Bonchev–Trinajstić information content (AvgIpc) is 4.32. The van der Waals surface area contributed by atoms with Crippen LogP contribution in [-0.2, 0) is 14.8 Å². The van der Waals surface area contributed by atoms with E-state index in [2.05, 4.69) is 157 Å². The summed E-state index contributed by atoms with van der Waals surface area (Å²) in [4.78, 5) is 25.9. The van der Waals surface area contributed by atoms with E-state index in [-0.39, 0.29) is 45.3 Å². The number of methoxy groups -OCH3 is 1. The maximum absolute atomic E-state index is 12.9. The van der Waals surface area contributed by atoms with Gasteiger partial charge in [0, 0.05) is 53.8 Å². The number of nitrogens with two attached hydrogens (primary N) is 1. The van der Waals surface area contributed by atoms with Crippen molar-refractivity contribution in [3.8, 4) is 5.75 Å². The first-order valence-electron chi connectivity index (χ1n) is 26.3. The van der Waals surface area contributed by atoms with Crippen LogP contribution < -0.4 is 25.8 Å². The Hall–Kier alpha value is -7.52. The molecule has 76 heavy (non-hydrogen) atoms. The summed E-state index contributed by atoms with van der Waals surface area (Å²) in [5.74, 6) is 2.61. The number of hydrogen-bond donors (Lipinski definition) is 4. The Labute approximate surface area is 445 Å². The second-order valence-electron chi connectivity index (χ2n) is 21.0. The lowest BCUT2D eigenvalue weighted by atomic mass is 9.76. The number of allylic oxidation sites excluding steroid dienone is 6. The molecule has 5 N–H and O–H groups in total. The molecule has 3 aliphatic carbocycles. The smallest absolute Gasteiger partial charge is 0.273 e. The van der Waals surface area contributed by atoms with Crippen molar-refractivity contribution in [1.29, 1.82) is 0 Å². The summed E-state index contributed by atoms with van der Waals surface area (Å²) in [5, 5.41) is 27.5. The van der Waals surface area contributed by atoms with Gasteiger partial charge in [-0.2, -0.15) is 0 Å². The highest BCUT2D eigenvalue weighted by atomic mass is 32.2. The van der Waals surface area contributed by atoms with Gasteiger partial charge in [-0.3, -0.25) is 14.9 Å². The molecule has 1 amide bonds. The van der Waals surface area contributed by atoms with E-state index in [0.29, 0.717) is 61.8 Å². The predicted octanol–water partition coefficient (Wildman–Crippen LogP) is 12.2. The van der Waals surface area contributed by atoms with Gasteiger partial charge in [-0.05, 0) is 121 Å². The third-order valence-corrected chi connectivity index (χ3v) is 17.3. The maximum atomic E-state index is 12.9. The number of benzene rings is 6. The lowest BCUT2D eigenvalue weighted by molar-refractivity contribution is -0.385. The third kappa shape index (κ3) is 10.0. The molecule has 13 rings (SSSR count). The molecule has 6 aromatic carbocycles. The first-order valence-corrected chi connectivity index (χ1v) is 27.9.